The smallest absolute Gasteiger partial charge is 0.407 e. The monoisotopic (exact) mass is 411 g/mol. The molecule has 1 aliphatic heterocycles. The van der Waals surface area contributed by atoms with Crippen LogP contribution in [0.3, 0.4) is 0 Å². The van der Waals surface area contributed by atoms with Gasteiger partial charge in [0.05, 0.1) is 10.7 Å². The number of likely N-dealkylation sites (tertiary alicyclic amines) is 1. The molecule has 0 aliphatic carbocycles. The lowest BCUT2D eigenvalue weighted by atomic mass is 9.74. The highest BCUT2D eigenvalue weighted by Gasteiger charge is 2.48. The van der Waals surface area contributed by atoms with Crippen LogP contribution in [-0.2, 0) is 12.3 Å². The maximum atomic E-state index is 15.9. The van der Waals surface area contributed by atoms with Crippen LogP contribution in [0, 0.1) is 5.41 Å². The van der Waals surface area contributed by atoms with Crippen LogP contribution in [0.2, 0.25) is 5.02 Å². The fourth-order valence-corrected chi connectivity index (χ4v) is 3.96. The molecule has 0 saturated carbocycles. The van der Waals surface area contributed by atoms with Crippen molar-refractivity contribution in [3.8, 4) is 11.3 Å². The summed E-state index contributed by atoms with van der Waals surface area (Å²) in [5.41, 5.74) is -1.20. The summed E-state index contributed by atoms with van der Waals surface area (Å²) in [7, 11) is 0. The lowest BCUT2D eigenvalue weighted by Gasteiger charge is -2.46. The summed E-state index contributed by atoms with van der Waals surface area (Å²) >= 11 is 6.36. The Hall–Kier alpha value is -2.19. The van der Waals surface area contributed by atoms with Gasteiger partial charge in [0, 0.05) is 43.3 Å². The van der Waals surface area contributed by atoms with Crippen LogP contribution in [0.4, 0.5) is 9.18 Å². The third kappa shape index (κ3) is 3.84. The van der Waals surface area contributed by atoms with Crippen molar-refractivity contribution in [1.82, 2.24) is 15.0 Å². The van der Waals surface area contributed by atoms with Crippen molar-refractivity contribution in [2.45, 2.75) is 51.9 Å². The zero-order valence-corrected chi connectivity index (χ0v) is 16.7. The van der Waals surface area contributed by atoms with E-state index in [1.165, 1.54) is 11.1 Å². The highest BCUT2D eigenvalue weighted by atomic mass is 35.5. The Morgan fingerprint density at radius 2 is 2.18 bits per heavy atom. The van der Waals surface area contributed by atoms with Gasteiger partial charge in [0.2, 0.25) is 0 Å². The number of aromatic nitrogens is 2. The molecule has 1 saturated heterocycles. The lowest BCUT2D eigenvalue weighted by Crippen LogP contribution is -2.55. The summed E-state index contributed by atoms with van der Waals surface area (Å²) in [6.07, 6.45) is 0.364. The molecule has 2 atom stereocenters. The van der Waals surface area contributed by atoms with Gasteiger partial charge in [0.25, 0.3) is 0 Å². The molecule has 0 bridgehead atoms. The Bertz CT molecular complexity index is 882. The van der Waals surface area contributed by atoms with Crippen LogP contribution >= 0.6 is 11.6 Å². The summed E-state index contributed by atoms with van der Waals surface area (Å²) in [6, 6.07) is 2.60. The first-order chi connectivity index (χ1) is 13.0. The van der Waals surface area contributed by atoms with Gasteiger partial charge < -0.3 is 19.6 Å². The number of piperidine rings is 1. The summed E-state index contributed by atoms with van der Waals surface area (Å²) in [4.78, 5) is 17.1. The van der Waals surface area contributed by atoms with E-state index in [0.29, 0.717) is 17.0 Å². The van der Waals surface area contributed by atoms with Gasteiger partial charge in [0.15, 0.2) is 11.4 Å². The molecule has 2 aromatic rings. The van der Waals surface area contributed by atoms with Gasteiger partial charge in [-0.1, -0.05) is 37.5 Å². The molecule has 2 aromatic heterocycles. The highest BCUT2D eigenvalue weighted by Crippen LogP contribution is 2.46. The second kappa shape index (κ2) is 7.33. The molecular formula is C19H23ClFN3O4. The number of aliphatic hydroxyl groups excluding tert-OH is 1. The minimum Gasteiger partial charge on any atom is -0.465 e. The van der Waals surface area contributed by atoms with Gasteiger partial charge >= 0.3 is 6.09 Å². The number of aliphatic hydroxyl groups is 1. The minimum atomic E-state index is -1.83. The molecule has 0 radical (unpaired) electrons. The molecular weight excluding hydrogens is 389 g/mol. The molecule has 152 valence electrons. The zero-order valence-electron chi connectivity index (χ0n) is 15.9. The number of nitrogens with zero attached hydrogens (tertiary/aromatic N) is 3. The van der Waals surface area contributed by atoms with Crippen molar-refractivity contribution >= 4 is 17.7 Å². The molecule has 7 nitrogen and oxygen atoms in total. The van der Waals surface area contributed by atoms with Gasteiger partial charge in [-0.3, -0.25) is 4.98 Å². The van der Waals surface area contributed by atoms with E-state index in [-0.39, 0.29) is 36.7 Å². The van der Waals surface area contributed by atoms with E-state index in [1.807, 2.05) is 20.8 Å². The number of hydrogen-bond acceptors (Lipinski definition) is 5. The lowest BCUT2D eigenvalue weighted by molar-refractivity contribution is -0.0197. The number of halogens is 2. The van der Waals surface area contributed by atoms with Crippen molar-refractivity contribution < 1.29 is 23.9 Å². The first-order valence-electron chi connectivity index (χ1n) is 8.96. The van der Waals surface area contributed by atoms with E-state index < -0.39 is 23.2 Å². The van der Waals surface area contributed by atoms with Crippen molar-refractivity contribution in [3.05, 3.63) is 34.8 Å². The maximum Gasteiger partial charge on any atom is 0.407 e. The molecule has 3 heterocycles. The Labute approximate surface area is 167 Å². The fraction of sp³-hybridized carbons (Fsp3) is 0.526. The highest BCUT2D eigenvalue weighted by molar-refractivity contribution is 6.31. The number of carboxylic acid groups (broad SMARTS) is 1. The molecule has 1 amide bonds. The summed E-state index contributed by atoms with van der Waals surface area (Å²) < 4.78 is 20.9. The van der Waals surface area contributed by atoms with E-state index in [2.05, 4.69) is 10.1 Å². The zero-order chi connectivity index (χ0) is 20.7. The number of rotatable bonds is 3. The maximum absolute atomic E-state index is 15.9. The summed E-state index contributed by atoms with van der Waals surface area (Å²) in [5, 5.41) is 22.5. The molecule has 0 spiro atoms. The van der Waals surface area contributed by atoms with Gasteiger partial charge in [0.1, 0.15) is 12.3 Å². The Morgan fingerprint density at radius 3 is 2.71 bits per heavy atom. The largest absolute Gasteiger partial charge is 0.465 e. The van der Waals surface area contributed by atoms with Crippen LogP contribution < -0.4 is 0 Å². The van der Waals surface area contributed by atoms with Gasteiger partial charge in [-0.25, -0.2) is 9.18 Å². The van der Waals surface area contributed by atoms with Crippen molar-refractivity contribution in [2.75, 3.05) is 6.54 Å². The number of alkyl halides is 1. The van der Waals surface area contributed by atoms with Crippen LogP contribution in [0.25, 0.3) is 11.3 Å². The first kappa shape index (κ1) is 20.5. The van der Waals surface area contributed by atoms with Crippen LogP contribution in [0.5, 0.6) is 0 Å². The normalized spacial score (nSPS) is 23.1. The summed E-state index contributed by atoms with van der Waals surface area (Å²) in [6.45, 7) is 5.45. The third-order valence-electron chi connectivity index (χ3n) is 5.16. The Balaban J connectivity index is 1.92. The Morgan fingerprint density at radius 1 is 1.46 bits per heavy atom. The molecule has 1 aliphatic rings. The van der Waals surface area contributed by atoms with E-state index in [1.54, 1.807) is 12.1 Å². The molecule has 2 unspecified atom stereocenters. The number of hydrogen-bond donors (Lipinski definition) is 2. The average molecular weight is 412 g/mol. The number of pyridine rings is 1. The summed E-state index contributed by atoms with van der Waals surface area (Å²) in [5.74, 6) is 0.297. The van der Waals surface area contributed by atoms with Gasteiger partial charge in [-0.05, 0) is 11.5 Å². The molecule has 9 heteroatoms. The SMILES string of the molecule is CC(C)(C)C1CC(F)(c2ncc(-c3cc(CO)on3)cc2Cl)CCN1C(=O)O. The predicted octanol–water partition coefficient (Wildman–Crippen LogP) is 4.24. The van der Waals surface area contributed by atoms with E-state index in [9.17, 15) is 9.90 Å². The molecule has 0 aromatic carbocycles. The molecule has 28 heavy (non-hydrogen) atoms. The van der Waals surface area contributed by atoms with Crippen LogP contribution in [0.1, 0.15) is 45.1 Å². The first-order valence-corrected chi connectivity index (χ1v) is 9.34. The molecule has 1 fully saturated rings. The van der Waals surface area contributed by atoms with E-state index in [0.717, 1.165) is 0 Å². The third-order valence-corrected chi connectivity index (χ3v) is 5.45. The second-order valence-electron chi connectivity index (χ2n) is 8.17. The molecule has 2 N–H and O–H groups in total. The minimum absolute atomic E-state index is 0.0173. The van der Waals surface area contributed by atoms with Gasteiger partial charge in [-0.2, -0.15) is 0 Å². The molecule has 3 rings (SSSR count). The van der Waals surface area contributed by atoms with E-state index in [4.69, 9.17) is 21.2 Å². The van der Waals surface area contributed by atoms with Crippen LogP contribution in [0.15, 0.2) is 22.9 Å². The topological polar surface area (TPSA) is 99.7 Å². The number of amides is 1. The van der Waals surface area contributed by atoms with E-state index >= 15 is 4.39 Å². The average Bonchev–Trinajstić information content (AvgIpc) is 3.09. The predicted molar refractivity (Wildman–Crippen MR) is 101 cm³/mol. The second-order valence-corrected chi connectivity index (χ2v) is 8.58. The number of carbonyl (C=O) groups is 1. The van der Waals surface area contributed by atoms with Crippen molar-refractivity contribution in [2.24, 2.45) is 5.41 Å². The standard InChI is InChI=1S/C19H23ClFN3O4/c1-18(2,3)15-8-19(21,4-5-24(15)17(26)27)16-13(20)6-11(9-22-16)14-7-12(10-25)28-23-14/h6-7,9,15,25H,4-5,8,10H2,1-3H3,(H,26,27). The van der Waals surface area contributed by atoms with Crippen molar-refractivity contribution in [3.63, 3.8) is 0 Å². The van der Waals surface area contributed by atoms with Gasteiger partial charge in [-0.15, -0.1) is 0 Å². The van der Waals surface area contributed by atoms with Crippen molar-refractivity contribution in [1.29, 1.82) is 0 Å². The fourth-order valence-electron chi connectivity index (χ4n) is 3.62. The Kier molecular flexibility index (Phi) is 5.38. The van der Waals surface area contributed by atoms with Crippen LogP contribution in [-0.4, -0.2) is 43.9 Å². The quantitative estimate of drug-likeness (QED) is 0.783.